The lowest BCUT2D eigenvalue weighted by atomic mass is 9.69. The molecule has 4 rings (SSSR count). The molecule has 0 radical (unpaired) electrons. The third-order valence-corrected chi connectivity index (χ3v) is 6.23. The number of nitrogens with zero attached hydrogens (tertiary/aromatic N) is 2. The van der Waals surface area contributed by atoms with E-state index in [1.165, 1.54) is 31.4 Å². The number of nitrogens with one attached hydrogen (secondary N) is 1. The second-order valence-electron chi connectivity index (χ2n) is 8.05. The number of phenolic OH excluding ortho intramolecular Hbond substituents is 1. The summed E-state index contributed by atoms with van der Waals surface area (Å²) in [5, 5.41) is 28.4. The molecule has 0 fully saturated rings. The fourth-order valence-electron chi connectivity index (χ4n) is 4.50. The second kappa shape index (κ2) is 7.47. The van der Waals surface area contributed by atoms with Crippen LogP contribution in [-0.2, 0) is 7.05 Å². The van der Waals surface area contributed by atoms with Crippen molar-refractivity contribution in [2.75, 3.05) is 5.32 Å². The third-order valence-electron chi connectivity index (χ3n) is 6.23. The van der Waals surface area contributed by atoms with Crippen LogP contribution in [0.3, 0.4) is 0 Å². The number of fused-ring (bicyclic) bond motifs is 2. The van der Waals surface area contributed by atoms with Gasteiger partial charge in [0.05, 0.1) is 17.6 Å². The van der Waals surface area contributed by atoms with E-state index in [1.807, 2.05) is 0 Å². The van der Waals surface area contributed by atoms with E-state index in [-0.39, 0.29) is 34.0 Å². The molecule has 3 atom stereocenters. The Morgan fingerprint density at radius 2 is 1.97 bits per heavy atom. The number of phenols is 1. The first kappa shape index (κ1) is 22.1. The lowest BCUT2D eigenvalue weighted by Crippen LogP contribution is -2.55. The molecule has 1 aliphatic rings. The smallest absolute Gasteiger partial charge is 0.419 e. The second-order valence-corrected chi connectivity index (χ2v) is 8.05. The highest BCUT2D eigenvalue weighted by atomic mass is 19.4. The van der Waals surface area contributed by atoms with Gasteiger partial charge < -0.3 is 15.5 Å². The standard InChI is InChI=1S/C22H21F4N3O3/c1-3-11-9-21(32,22(24,25)26)19(13-7-8-15(23)18(30)17(11)13)28-16-6-4-5-12-14(16)10-27-29(2)20(12)31/h4-8,10-11,19,28,30,32H,3,9H2,1-2H3/t11-,19?,21+/m0/s1. The van der Waals surface area contributed by atoms with Gasteiger partial charge in [0.1, 0.15) is 0 Å². The summed E-state index contributed by atoms with van der Waals surface area (Å²) in [6.45, 7) is 1.61. The van der Waals surface area contributed by atoms with Crippen molar-refractivity contribution < 1.29 is 27.8 Å². The van der Waals surface area contributed by atoms with Crippen LogP contribution < -0.4 is 10.9 Å². The number of hydrogen-bond donors (Lipinski definition) is 3. The normalized spacial score (nSPS) is 23.2. The summed E-state index contributed by atoms with van der Waals surface area (Å²) < 4.78 is 57.8. The van der Waals surface area contributed by atoms with Gasteiger partial charge in [-0.2, -0.15) is 18.3 Å². The van der Waals surface area contributed by atoms with E-state index in [4.69, 9.17) is 0 Å². The van der Waals surface area contributed by atoms with Gasteiger partial charge in [-0.1, -0.05) is 19.1 Å². The van der Waals surface area contributed by atoms with E-state index in [9.17, 15) is 32.6 Å². The van der Waals surface area contributed by atoms with Crippen LogP contribution in [0, 0.1) is 5.82 Å². The Morgan fingerprint density at radius 3 is 2.62 bits per heavy atom. The lowest BCUT2D eigenvalue weighted by Gasteiger charge is -2.45. The Morgan fingerprint density at radius 1 is 1.25 bits per heavy atom. The number of halogens is 4. The van der Waals surface area contributed by atoms with E-state index in [2.05, 4.69) is 10.4 Å². The molecular weight excluding hydrogens is 430 g/mol. The van der Waals surface area contributed by atoms with Crippen molar-refractivity contribution in [3.63, 3.8) is 0 Å². The average Bonchev–Trinajstić information content (AvgIpc) is 2.74. The largest absolute Gasteiger partial charge is 0.505 e. The van der Waals surface area contributed by atoms with Crippen molar-refractivity contribution in [2.24, 2.45) is 7.05 Å². The van der Waals surface area contributed by atoms with Crippen LogP contribution in [0.1, 0.15) is 42.9 Å². The summed E-state index contributed by atoms with van der Waals surface area (Å²) in [7, 11) is 1.45. The highest BCUT2D eigenvalue weighted by Gasteiger charge is 2.62. The molecule has 0 spiro atoms. The number of rotatable bonds is 3. The highest BCUT2D eigenvalue weighted by molar-refractivity contribution is 5.92. The van der Waals surface area contributed by atoms with Crippen LogP contribution in [0.15, 0.2) is 41.3 Å². The Balaban J connectivity index is 1.95. The maximum absolute atomic E-state index is 14.2. The summed E-state index contributed by atoms with van der Waals surface area (Å²) in [6, 6.07) is 4.74. The zero-order valence-electron chi connectivity index (χ0n) is 17.2. The average molecular weight is 451 g/mol. The molecule has 2 aromatic carbocycles. The predicted octanol–water partition coefficient (Wildman–Crippen LogP) is 4.12. The number of alkyl halides is 3. The van der Waals surface area contributed by atoms with E-state index in [0.717, 1.165) is 16.8 Å². The summed E-state index contributed by atoms with van der Waals surface area (Å²) in [5.41, 5.74) is -3.53. The van der Waals surface area contributed by atoms with Crippen molar-refractivity contribution >= 4 is 16.5 Å². The number of aryl methyl sites for hydroxylation is 1. The fraction of sp³-hybridized carbons (Fsp3) is 0.364. The molecule has 3 aromatic rings. The number of benzene rings is 2. The molecule has 32 heavy (non-hydrogen) atoms. The Kier molecular flexibility index (Phi) is 5.15. The molecule has 10 heteroatoms. The van der Waals surface area contributed by atoms with Crippen LogP contribution >= 0.6 is 0 Å². The first-order valence-corrected chi connectivity index (χ1v) is 10.0. The van der Waals surface area contributed by atoms with Gasteiger partial charge in [0.15, 0.2) is 17.2 Å². The highest BCUT2D eigenvalue weighted by Crippen LogP contribution is 2.55. The van der Waals surface area contributed by atoms with Crippen molar-refractivity contribution in [3.8, 4) is 5.75 Å². The number of anilines is 1. The SMILES string of the molecule is CC[C@H]1C[C@](O)(C(F)(F)F)C(Nc2cccc3c(=O)n(C)ncc23)c2ccc(F)c(O)c21. The number of aromatic hydroxyl groups is 1. The molecule has 0 bridgehead atoms. The molecule has 0 saturated heterocycles. The first-order chi connectivity index (χ1) is 15.0. The molecule has 3 N–H and O–H groups in total. The lowest BCUT2D eigenvalue weighted by molar-refractivity contribution is -0.272. The minimum Gasteiger partial charge on any atom is -0.505 e. The minimum absolute atomic E-state index is 0.0354. The molecule has 1 aliphatic carbocycles. The monoisotopic (exact) mass is 451 g/mol. The van der Waals surface area contributed by atoms with Gasteiger partial charge in [-0.3, -0.25) is 4.79 Å². The van der Waals surface area contributed by atoms with Crippen LogP contribution in [0.5, 0.6) is 5.75 Å². The van der Waals surface area contributed by atoms with Gasteiger partial charge in [-0.15, -0.1) is 0 Å². The summed E-state index contributed by atoms with van der Waals surface area (Å²) >= 11 is 0. The topological polar surface area (TPSA) is 87.4 Å². The van der Waals surface area contributed by atoms with Crippen molar-refractivity contribution in [3.05, 3.63) is 63.8 Å². The molecule has 1 unspecified atom stereocenters. The number of aromatic nitrogens is 2. The third kappa shape index (κ3) is 3.21. The minimum atomic E-state index is -5.03. The molecular formula is C22H21F4N3O3. The quantitative estimate of drug-likeness (QED) is 0.522. The van der Waals surface area contributed by atoms with Crippen molar-refractivity contribution in [1.82, 2.24) is 9.78 Å². The molecule has 170 valence electrons. The van der Waals surface area contributed by atoms with Gasteiger partial charge in [-0.05, 0) is 42.5 Å². The Hall–Kier alpha value is -3.14. The Bertz CT molecular complexity index is 1260. The molecule has 0 saturated carbocycles. The van der Waals surface area contributed by atoms with Crippen LogP contribution in [0.25, 0.3) is 10.8 Å². The number of hydrogen-bond acceptors (Lipinski definition) is 5. The van der Waals surface area contributed by atoms with E-state index < -0.39 is 47.3 Å². The van der Waals surface area contributed by atoms with Gasteiger partial charge in [0, 0.05) is 23.7 Å². The fourth-order valence-corrected chi connectivity index (χ4v) is 4.50. The molecule has 0 aliphatic heterocycles. The zero-order valence-corrected chi connectivity index (χ0v) is 17.2. The molecule has 6 nitrogen and oxygen atoms in total. The maximum atomic E-state index is 14.2. The Labute approximate surface area is 180 Å². The van der Waals surface area contributed by atoms with Gasteiger partial charge >= 0.3 is 6.18 Å². The van der Waals surface area contributed by atoms with Crippen molar-refractivity contribution in [1.29, 1.82) is 0 Å². The maximum Gasteiger partial charge on any atom is 0.419 e. The molecule has 1 heterocycles. The van der Waals surface area contributed by atoms with Gasteiger partial charge in [0.2, 0.25) is 0 Å². The molecule has 1 aromatic heterocycles. The van der Waals surface area contributed by atoms with Crippen molar-refractivity contribution in [2.45, 2.75) is 43.5 Å². The van der Waals surface area contributed by atoms with E-state index >= 15 is 0 Å². The zero-order chi connectivity index (χ0) is 23.4. The van der Waals surface area contributed by atoms with Crippen LogP contribution in [-0.4, -0.2) is 31.8 Å². The summed E-state index contributed by atoms with van der Waals surface area (Å²) in [6.07, 6.45) is -4.30. The summed E-state index contributed by atoms with van der Waals surface area (Å²) in [5.74, 6) is -2.58. The van der Waals surface area contributed by atoms with Crippen LogP contribution in [0.2, 0.25) is 0 Å². The van der Waals surface area contributed by atoms with Gasteiger partial charge in [-0.25, -0.2) is 9.07 Å². The first-order valence-electron chi connectivity index (χ1n) is 10.0. The summed E-state index contributed by atoms with van der Waals surface area (Å²) in [4.78, 5) is 12.4. The van der Waals surface area contributed by atoms with Gasteiger partial charge in [0.25, 0.3) is 5.56 Å². The van der Waals surface area contributed by atoms with E-state index in [1.54, 1.807) is 6.92 Å². The molecule has 0 amide bonds. The van der Waals surface area contributed by atoms with Crippen LogP contribution in [0.4, 0.5) is 23.2 Å². The number of aliphatic hydroxyl groups is 1. The van der Waals surface area contributed by atoms with E-state index in [0.29, 0.717) is 0 Å². The predicted molar refractivity (Wildman–Crippen MR) is 110 cm³/mol.